The number of nitrogens with one attached hydrogen (secondary N) is 1. The number of aromatic nitrogens is 2. The molecule has 0 spiro atoms. The Balaban J connectivity index is 1.51. The molecule has 4 rings (SSSR count). The molecule has 0 atom stereocenters. The van der Waals surface area contributed by atoms with Crippen LogP contribution in [0, 0.1) is 5.92 Å². The normalized spacial score (nSPS) is 14.1. The number of hydrogen-bond acceptors (Lipinski definition) is 5. The van der Waals surface area contributed by atoms with E-state index < -0.39 is 0 Å². The minimum Gasteiger partial charge on any atom is -0.379 e. The van der Waals surface area contributed by atoms with Crippen LogP contribution in [0.25, 0.3) is 16.9 Å². The zero-order valence-electron chi connectivity index (χ0n) is 20.4. The average Bonchev–Trinajstić information content (AvgIpc) is 3.31. The van der Waals surface area contributed by atoms with Crippen LogP contribution in [-0.4, -0.2) is 77.1 Å². The number of nitrogens with zero attached hydrogens (tertiary/aromatic N) is 4. The molecule has 1 aromatic heterocycles. The van der Waals surface area contributed by atoms with E-state index in [9.17, 15) is 9.59 Å². The largest absolute Gasteiger partial charge is 0.379 e. The molecular weight excluding hydrogens is 442 g/mol. The number of para-hydroxylation sites is 1. The van der Waals surface area contributed by atoms with Gasteiger partial charge in [0.05, 0.1) is 25.5 Å². The first-order valence-electron chi connectivity index (χ1n) is 12.1. The number of anilines is 1. The van der Waals surface area contributed by atoms with Crippen molar-refractivity contribution in [3.8, 4) is 16.9 Å². The highest BCUT2D eigenvalue weighted by molar-refractivity contribution is 5.94. The van der Waals surface area contributed by atoms with Gasteiger partial charge >= 0.3 is 0 Å². The van der Waals surface area contributed by atoms with E-state index in [0.717, 1.165) is 30.0 Å². The second-order valence-corrected chi connectivity index (χ2v) is 8.94. The molecule has 0 aliphatic carbocycles. The van der Waals surface area contributed by atoms with E-state index in [4.69, 9.17) is 9.72 Å². The number of morpholine rings is 1. The van der Waals surface area contributed by atoms with Gasteiger partial charge in [-0.05, 0) is 12.1 Å². The summed E-state index contributed by atoms with van der Waals surface area (Å²) in [5.74, 6) is -0.0817. The lowest BCUT2D eigenvalue weighted by atomic mass is 10.2. The summed E-state index contributed by atoms with van der Waals surface area (Å²) in [6.07, 6.45) is 1.91. The summed E-state index contributed by atoms with van der Waals surface area (Å²) in [5, 5.41) is 2.95. The first-order valence-corrected chi connectivity index (χ1v) is 12.1. The number of carbonyl (C=O) groups excluding carboxylic acids is 2. The van der Waals surface area contributed by atoms with E-state index in [-0.39, 0.29) is 24.3 Å². The molecular formula is C27H33N5O3. The molecule has 2 aromatic carbocycles. The summed E-state index contributed by atoms with van der Waals surface area (Å²) in [6.45, 7) is 7.98. The molecule has 0 saturated carbocycles. The first kappa shape index (κ1) is 24.6. The summed E-state index contributed by atoms with van der Waals surface area (Å²) in [5.41, 5.74) is 2.60. The summed E-state index contributed by atoms with van der Waals surface area (Å²) in [7, 11) is 0. The molecule has 2 heterocycles. The van der Waals surface area contributed by atoms with E-state index in [1.165, 1.54) is 0 Å². The van der Waals surface area contributed by atoms with Crippen molar-refractivity contribution in [1.82, 2.24) is 19.4 Å². The molecule has 1 aliphatic heterocycles. The van der Waals surface area contributed by atoms with E-state index in [2.05, 4.69) is 10.2 Å². The number of ether oxygens (including phenoxy) is 1. The smallest absolute Gasteiger partial charge is 0.246 e. The lowest BCUT2D eigenvalue weighted by molar-refractivity contribution is -0.137. The highest BCUT2D eigenvalue weighted by Gasteiger charge is 2.23. The molecule has 8 nitrogen and oxygen atoms in total. The molecule has 0 radical (unpaired) electrons. The van der Waals surface area contributed by atoms with Crippen molar-refractivity contribution in [3.63, 3.8) is 0 Å². The van der Waals surface area contributed by atoms with Gasteiger partial charge in [-0.25, -0.2) is 4.98 Å². The Morgan fingerprint density at radius 1 is 1.03 bits per heavy atom. The standard InChI is InChI=1S/C27H33N5O3/c1-21(2)26(34)31(14-13-30-15-17-35-18-16-30)20-25(33)29-27-28-24(22-9-5-3-6-10-22)19-32(27)23-11-7-4-8-12-23/h3-12,19,21H,13-18,20H2,1-2H3,(H,28,29,33). The van der Waals surface area contributed by atoms with Crippen LogP contribution in [0.2, 0.25) is 0 Å². The van der Waals surface area contributed by atoms with Gasteiger partial charge in [0.15, 0.2) is 0 Å². The van der Waals surface area contributed by atoms with Crippen molar-refractivity contribution in [2.45, 2.75) is 13.8 Å². The molecule has 8 heteroatoms. The van der Waals surface area contributed by atoms with Crippen molar-refractivity contribution < 1.29 is 14.3 Å². The van der Waals surface area contributed by atoms with Crippen molar-refractivity contribution in [3.05, 3.63) is 66.9 Å². The Bertz CT molecular complexity index is 1110. The van der Waals surface area contributed by atoms with E-state index >= 15 is 0 Å². The number of imidazole rings is 1. The number of hydrogen-bond donors (Lipinski definition) is 1. The number of carbonyl (C=O) groups is 2. The van der Waals surface area contributed by atoms with Crippen molar-refractivity contribution in [2.75, 3.05) is 51.3 Å². The summed E-state index contributed by atoms with van der Waals surface area (Å²) >= 11 is 0. The predicted octanol–water partition coefficient (Wildman–Crippen LogP) is 3.29. The third-order valence-corrected chi connectivity index (χ3v) is 5.99. The van der Waals surface area contributed by atoms with E-state index in [1.807, 2.05) is 85.3 Å². The van der Waals surface area contributed by atoms with Crippen molar-refractivity contribution >= 4 is 17.8 Å². The van der Waals surface area contributed by atoms with Crippen LogP contribution < -0.4 is 5.32 Å². The van der Waals surface area contributed by atoms with Crippen molar-refractivity contribution in [2.24, 2.45) is 5.92 Å². The molecule has 1 aliphatic rings. The number of rotatable bonds is 9. The average molecular weight is 476 g/mol. The quantitative estimate of drug-likeness (QED) is 0.514. The zero-order chi connectivity index (χ0) is 24.6. The van der Waals surface area contributed by atoms with Crippen LogP contribution in [0.3, 0.4) is 0 Å². The molecule has 35 heavy (non-hydrogen) atoms. The fourth-order valence-electron chi connectivity index (χ4n) is 4.06. The molecule has 1 saturated heterocycles. The van der Waals surface area contributed by atoms with Crippen LogP contribution in [-0.2, 0) is 14.3 Å². The molecule has 3 aromatic rings. The number of amides is 2. The highest BCUT2D eigenvalue weighted by Crippen LogP contribution is 2.24. The van der Waals surface area contributed by atoms with Gasteiger partial charge in [0.1, 0.15) is 0 Å². The maximum absolute atomic E-state index is 13.1. The summed E-state index contributed by atoms with van der Waals surface area (Å²) in [4.78, 5) is 34.6. The molecule has 1 fully saturated rings. The van der Waals surface area contributed by atoms with Crippen LogP contribution in [0.1, 0.15) is 13.8 Å². The number of benzene rings is 2. The fraction of sp³-hybridized carbons (Fsp3) is 0.370. The fourth-order valence-corrected chi connectivity index (χ4v) is 4.06. The van der Waals surface area contributed by atoms with Gasteiger partial charge < -0.3 is 9.64 Å². The lowest BCUT2D eigenvalue weighted by Crippen LogP contribution is -2.46. The monoisotopic (exact) mass is 475 g/mol. The van der Waals surface area contributed by atoms with Crippen LogP contribution in [0.15, 0.2) is 66.9 Å². The summed E-state index contributed by atoms with van der Waals surface area (Å²) in [6, 6.07) is 19.6. The Hall–Kier alpha value is -3.49. The van der Waals surface area contributed by atoms with Gasteiger partial charge in [-0.15, -0.1) is 0 Å². The molecule has 0 bridgehead atoms. The summed E-state index contributed by atoms with van der Waals surface area (Å²) < 4.78 is 7.27. The predicted molar refractivity (Wildman–Crippen MR) is 136 cm³/mol. The van der Waals surface area contributed by atoms with Crippen molar-refractivity contribution in [1.29, 1.82) is 0 Å². The molecule has 2 amide bonds. The third kappa shape index (κ3) is 6.55. The van der Waals surface area contributed by atoms with Gasteiger partial charge in [-0.1, -0.05) is 62.4 Å². The second-order valence-electron chi connectivity index (χ2n) is 8.94. The molecule has 0 unspecified atom stereocenters. The molecule has 1 N–H and O–H groups in total. The minimum absolute atomic E-state index is 0.0241. The zero-order valence-corrected chi connectivity index (χ0v) is 20.4. The van der Waals surface area contributed by atoms with Gasteiger partial charge in [0, 0.05) is 49.5 Å². The van der Waals surface area contributed by atoms with E-state index in [0.29, 0.717) is 32.3 Å². The van der Waals surface area contributed by atoms with Gasteiger partial charge in [-0.3, -0.25) is 24.4 Å². The van der Waals surface area contributed by atoms with E-state index in [1.54, 1.807) is 4.90 Å². The minimum atomic E-state index is -0.275. The van der Waals surface area contributed by atoms with Crippen LogP contribution >= 0.6 is 0 Å². The Morgan fingerprint density at radius 2 is 1.69 bits per heavy atom. The third-order valence-electron chi connectivity index (χ3n) is 5.99. The SMILES string of the molecule is CC(C)C(=O)N(CCN1CCOCC1)CC(=O)Nc1nc(-c2ccccc2)cn1-c1ccccc1. The Kier molecular flexibility index (Phi) is 8.28. The topological polar surface area (TPSA) is 79.7 Å². The van der Waals surface area contributed by atoms with Gasteiger partial charge in [0.25, 0.3) is 0 Å². The molecule has 184 valence electrons. The maximum Gasteiger partial charge on any atom is 0.246 e. The van der Waals surface area contributed by atoms with Gasteiger partial charge in [-0.2, -0.15) is 0 Å². The van der Waals surface area contributed by atoms with Gasteiger partial charge in [0.2, 0.25) is 17.8 Å². The van der Waals surface area contributed by atoms with Crippen LogP contribution in [0.5, 0.6) is 0 Å². The maximum atomic E-state index is 13.1. The Morgan fingerprint density at radius 3 is 2.34 bits per heavy atom. The second kappa shape index (κ2) is 11.8. The Labute approximate surface area is 206 Å². The first-order chi connectivity index (χ1) is 17.0. The highest BCUT2D eigenvalue weighted by atomic mass is 16.5. The van der Waals surface area contributed by atoms with Crippen LogP contribution in [0.4, 0.5) is 5.95 Å². The lowest BCUT2D eigenvalue weighted by Gasteiger charge is -2.30.